The number of nitrogens with one attached hydrogen (secondary N) is 2. The Bertz CT molecular complexity index is 1630. The molecule has 0 bridgehead atoms. The van der Waals surface area contributed by atoms with E-state index in [1.165, 1.54) is 5.56 Å². The van der Waals surface area contributed by atoms with E-state index in [0.717, 1.165) is 41.6 Å². The number of fused-ring (bicyclic) bond motifs is 2. The van der Waals surface area contributed by atoms with E-state index < -0.39 is 0 Å². The number of aryl methyl sites for hydroxylation is 1. The number of carbonyl (C=O) groups excluding carboxylic acids is 1. The van der Waals surface area contributed by atoms with Gasteiger partial charge in [-0.15, -0.1) is 0 Å². The van der Waals surface area contributed by atoms with Crippen molar-refractivity contribution in [1.29, 1.82) is 0 Å². The molecule has 3 aromatic carbocycles. The SMILES string of the molecule is Cc1c(-c2nc3ccccc3[nH]c2=O)[nH]c2ccc(C(=O)N3CCN(Cc4ccccc4)CC3)cc12. The minimum atomic E-state index is -0.243. The molecule has 7 heteroatoms. The average Bonchev–Trinajstić information content (AvgIpc) is 3.24. The van der Waals surface area contributed by atoms with Gasteiger partial charge in [-0.05, 0) is 48.4 Å². The molecule has 3 heterocycles. The number of carbonyl (C=O) groups is 1. The van der Waals surface area contributed by atoms with Crippen LogP contribution in [0, 0.1) is 6.92 Å². The zero-order chi connectivity index (χ0) is 24.6. The van der Waals surface area contributed by atoms with Gasteiger partial charge < -0.3 is 14.9 Å². The topological polar surface area (TPSA) is 85.1 Å². The smallest absolute Gasteiger partial charge is 0.276 e. The molecule has 180 valence electrons. The zero-order valence-corrected chi connectivity index (χ0v) is 20.1. The van der Waals surface area contributed by atoms with Gasteiger partial charge in [-0.2, -0.15) is 0 Å². The van der Waals surface area contributed by atoms with Crippen LogP contribution in [0.15, 0.2) is 77.6 Å². The van der Waals surface area contributed by atoms with Crippen molar-refractivity contribution in [2.24, 2.45) is 0 Å². The second kappa shape index (κ2) is 9.09. The molecule has 1 saturated heterocycles. The fourth-order valence-corrected chi connectivity index (χ4v) is 5.03. The van der Waals surface area contributed by atoms with Gasteiger partial charge in [0.1, 0.15) is 0 Å². The van der Waals surface area contributed by atoms with Gasteiger partial charge in [0.05, 0.1) is 16.7 Å². The van der Waals surface area contributed by atoms with E-state index in [0.29, 0.717) is 35.6 Å². The van der Waals surface area contributed by atoms with Crippen molar-refractivity contribution >= 4 is 27.8 Å². The number of H-pyrrole nitrogens is 2. The van der Waals surface area contributed by atoms with Crippen LogP contribution in [-0.4, -0.2) is 56.8 Å². The summed E-state index contributed by atoms with van der Waals surface area (Å²) in [4.78, 5) is 41.3. The molecule has 7 nitrogen and oxygen atoms in total. The average molecular weight is 478 g/mol. The van der Waals surface area contributed by atoms with E-state index in [1.807, 2.05) is 60.4 Å². The van der Waals surface area contributed by atoms with Crippen LogP contribution in [0.4, 0.5) is 0 Å². The number of benzene rings is 3. The van der Waals surface area contributed by atoms with Gasteiger partial charge in [0, 0.05) is 49.2 Å². The maximum atomic E-state index is 13.3. The lowest BCUT2D eigenvalue weighted by atomic mass is 10.1. The number of hydrogen-bond acceptors (Lipinski definition) is 4. The highest BCUT2D eigenvalue weighted by Gasteiger charge is 2.23. The van der Waals surface area contributed by atoms with Gasteiger partial charge in [0.25, 0.3) is 11.5 Å². The number of para-hydroxylation sites is 2. The summed E-state index contributed by atoms with van der Waals surface area (Å²) in [6, 6.07) is 23.6. The molecule has 0 aliphatic carbocycles. The summed E-state index contributed by atoms with van der Waals surface area (Å²) < 4.78 is 0. The molecule has 6 rings (SSSR count). The van der Waals surface area contributed by atoms with Crippen LogP contribution in [0.1, 0.15) is 21.5 Å². The molecule has 0 saturated carbocycles. The first-order valence-corrected chi connectivity index (χ1v) is 12.2. The highest BCUT2D eigenvalue weighted by molar-refractivity contribution is 6.00. The second-order valence-corrected chi connectivity index (χ2v) is 9.37. The molecule has 0 atom stereocenters. The number of aromatic nitrogens is 3. The number of amides is 1. The summed E-state index contributed by atoms with van der Waals surface area (Å²) in [5.41, 5.74) is 5.95. The van der Waals surface area contributed by atoms with Gasteiger partial charge in [-0.3, -0.25) is 14.5 Å². The van der Waals surface area contributed by atoms with Crippen LogP contribution in [0.5, 0.6) is 0 Å². The summed E-state index contributed by atoms with van der Waals surface area (Å²) in [6.07, 6.45) is 0. The molecule has 36 heavy (non-hydrogen) atoms. The Kier molecular flexibility index (Phi) is 5.62. The number of aromatic amines is 2. The van der Waals surface area contributed by atoms with Crippen molar-refractivity contribution in [3.8, 4) is 11.4 Å². The number of nitrogens with zero attached hydrogens (tertiary/aromatic N) is 3. The zero-order valence-electron chi connectivity index (χ0n) is 20.1. The molecule has 0 spiro atoms. The first kappa shape index (κ1) is 22.2. The van der Waals surface area contributed by atoms with E-state index in [9.17, 15) is 9.59 Å². The molecular formula is C29H27N5O2. The molecule has 0 radical (unpaired) electrons. The van der Waals surface area contributed by atoms with Crippen LogP contribution in [-0.2, 0) is 6.54 Å². The minimum absolute atomic E-state index is 0.0417. The summed E-state index contributed by atoms with van der Waals surface area (Å²) in [5, 5.41) is 0.924. The normalized spacial score (nSPS) is 14.5. The molecule has 2 N–H and O–H groups in total. The highest BCUT2D eigenvalue weighted by Crippen LogP contribution is 2.29. The molecule has 1 amide bonds. The lowest BCUT2D eigenvalue weighted by Crippen LogP contribution is -2.48. The lowest BCUT2D eigenvalue weighted by molar-refractivity contribution is 0.0628. The Morgan fingerprint density at radius 3 is 2.44 bits per heavy atom. The predicted octanol–water partition coefficient (Wildman–Crippen LogP) is 4.34. The van der Waals surface area contributed by atoms with Gasteiger partial charge in [-0.25, -0.2) is 4.98 Å². The molecule has 5 aromatic rings. The fourth-order valence-electron chi connectivity index (χ4n) is 5.03. The van der Waals surface area contributed by atoms with Gasteiger partial charge in [0.2, 0.25) is 0 Å². The van der Waals surface area contributed by atoms with Crippen LogP contribution in [0.25, 0.3) is 33.3 Å². The summed E-state index contributed by atoms with van der Waals surface area (Å²) in [6.45, 7) is 5.98. The largest absolute Gasteiger partial charge is 0.353 e. The Balaban J connectivity index is 1.23. The number of hydrogen-bond donors (Lipinski definition) is 2. The van der Waals surface area contributed by atoms with Crippen LogP contribution < -0.4 is 5.56 Å². The van der Waals surface area contributed by atoms with Crippen LogP contribution in [0.2, 0.25) is 0 Å². The van der Waals surface area contributed by atoms with E-state index in [1.54, 1.807) is 0 Å². The monoisotopic (exact) mass is 477 g/mol. The summed E-state index contributed by atoms with van der Waals surface area (Å²) in [5.74, 6) is 0.0417. The summed E-state index contributed by atoms with van der Waals surface area (Å²) >= 11 is 0. The molecular weight excluding hydrogens is 450 g/mol. The summed E-state index contributed by atoms with van der Waals surface area (Å²) in [7, 11) is 0. The third-order valence-electron chi connectivity index (χ3n) is 7.05. The maximum Gasteiger partial charge on any atom is 0.276 e. The Morgan fingerprint density at radius 2 is 1.64 bits per heavy atom. The first-order chi connectivity index (χ1) is 17.6. The van der Waals surface area contributed by atoms with Crippen molar-refractivity contribution in [3.05, 3.63) is 99.8 Å². The van der Waals surface area contributed by atoms with Gasteiger partial charge in [0.15, 0.2) is 5.69 Å². The van der Waals surface area contributed by atoms with E-state index >= 15 is 0 Å². The first-order valence-electron chi connectivity index (χ1n) is 12.2. The molecule has 1 aliphatic heterocycles. The Morgan fingerprint density at radius 1 is 0.889 bits per heavy atom. The quantitative estimate of drug-likeness (QED) is 0.403. The maximum absolute atomic E-state index is 13.3. The third-order valence-corrected chi connectivity index (χ3v) is 7.05. The highest BCUT2D eigenvalue weighted by atomic mass is 16.2. The van der Waals surface area contributed by atoms with Crippen LogP contribution >= 0.6 is 0 Å². The third kappa shape index (κ3) is 4.07. The Labute approximate surface area is 208 Å². The van der Waals surface area contributed by atoms with Crippen LogP contribution in [0.3, 0.4) is 0 Å². The second-order valence-electron chi connectivity index (χ2n) is 9.37. The number of rotatable bonds is 4. The van der Waals surface area contributed by atoms with Crippen molar-refractivity contribution in [3.63, 3.8) is 0 Å². The Hall–Kier alpha value is -4.23. The fraction of sp³-hybridized carbons (Fsp3) is 0.207. The minimum Gasteiger partial charge on any atom is -0.353 e. The van der Waals surface area contributed by atoms with Gasteiger partial charge in [-0.1, -0.05) is 42.5 Å². The standard InChI is InChI=1S/C29H27N5O2/c1-19-22-17-21(29(36)34-15-13-33(14-16-34)18-20-7-3-2-4-8-20)11-12-23(22)30-26(19)27-28(35)32-25-10-6-5-9-24(25)31-27/h2-12,17,30H,13-16,18H2,1H3,(H,32,35). The molecule has 2 aromatic heterocycles. The van der Waals surface area contributed by atoms with Gasteiger partial charge >= 0.3 is 0 Å². The van der Waals surface area contributed by atoms with Crippen molar-refractivity contribution < 1.29 is 4.79 Å². The van der Waals surface area contributed by atoms with Crippen molar-refractivity contribution in [2.75, 3.05) is 26.2 Å². The van der Waals surface area contributed by atoms with E-state index in [4.69, 9.17) is 0 Å². The lowest BCUT2D eigenvalue weighted by Gasteiger charge is -2.34. The molecule has 1 fully saturated rings. The van der Waals surface area contributed by atoms with Crippen molar-refractivity contribution in [2.45, 2.75) is 13.5 Å². The number of piperazine rings is 1. The predicted molar refractivity (Wildman–Crippen MR) is 142 cm³/mol. The molecule has 1 aliphatic rings. The van der Waals surface area contributed by atoms with Crippen molar-refractivity contribution in [1.82, 2.24) is 24.8 Å². The van der Waals surface area contributed by atoms with E-state index in [-0.39, 0.29) is 11.5 Å². The molecule has 0 unspecified atom stereocenters. The van der Waals surface area contributed by atoms with E-state index in [2.05, 4.69) is 44.1 Å².